The molecule has 0 unspecified atom stereocenters. The SMILES string of the molecule is COc1ccc(OC)c2sc(N(CCN(C)C)C(=O)CCCS(=O)(=O)c3ccc(F)cc3)nc12. The van der Waals surface area contributed by atoms with E-state index in [2.05, 4.69) is 4.98 Å². The molecule has 0 bridgehead atoms. The number of carbonyl (C=O) groups is 1. The number of thiazole rings is 1. The highest BCUT2D eigenvalue weighted by Gasteiger charge is 2.23. The quantitative estimate of drug-likeness (QED) is 0.365. The summed E-state index contributed by atoms with van der Waals surface area (Å²) in [7, 11) is 3.31. The number of hydrogen-bond donors (Lipinski definition) is 0. The summed E-state index contributed by atoms with van der Waals surface area (Å²) in [6.07, 6.45) is 0.159. The van der Waals surface area contributed by atoms with Crippen molar-refractivity contribution in [3.8, 4) is 11.5 Å². The van der Waals surface area contributed by atoms with Crippen molar-refractivity contribution in [2.24, 2.45) is 0 Å². The topological polar surface area (TPSA) is 89.0 Å². The number of fused-ring (bicyclic) bond motifs is 1. The van der Waals surface area contributed by atoms with Crippen molar-refractivity contribution < 1.29 is 27.1 Å². The van der Waals surface area contributed by atoms with E-state index in [-0.39, 0.29) is 29.4 Å². The van der Waals surface area contributed by atoms with Crippen LogP contribution in [0.2, 0.25) is 0 Å². The van der Waals surface area contributed by atoms with Crippen LogP contribution in [0, 0.1) is 5.82 Å². The highest BCUT2D eigenvalue weighted by atomic mass is 32.2. The van der Waals surface area contributed by atoms with Gasteiger partial charge in [-0.25, -0.2) is 17.8 Å². The minimum atomic E-state index is -3.62. The van der Waals surface area contributed by atoms with Gasteiger partial charge in [0.1, 0.15) is 27.5 Å². The molecular weight excluding hydrogens is 481 g/mol. The predicted molar refractivity (Wildman–Crippen MR) is 131 cm³/mol. The number of amides is 1. The lowest BCUT2D eigenvalue weighted by molar-refractivity contribution is -0.118. The van der Waals surface area contributed by atoms with E-state index in [1.54, 1.807) is 31.3 Å². The van der Waals surface area contributed by atoms with Crippen LogP contribution in [0.25, 0.3) is 10.2 Å². The van der Waals surface area contributed by atoms with E-state index in [1.165, 1.54) is 23.5 Å². The van der Waals surface area contributed by atoms with Gasteiger partial charge in [-0.3, -0.25) is 9.69 Å². The fourth-order valence-corrected chi connectivity index (χ4v) is 5.75. The van der Waals surface area contributed by atoms with E-state index in [9.17, 15) is 17.6 Å². The molecule has 0 aliphatic heterocycles. The van der Waals surface area contributed by atoms with E-state index in [0.717, 1.165) is 16.8 Å². The minimum absolute atomic E-state index is 0.0258. The Morgan fingerprint density at radius 3 is 2.29 bits per heavy atom. The van der Waals surface area contributed by atoms with Gasteiger partial charge in [0.25, 0.3) is 0 Å². The van der Waals surface area contributed by atoms with Gasteiger partial charge < -0.3 is 14.4 Å². The Balaban J connectivity index is 1.80. The lowest BCUT2D eigenvalue weighted by Gasteiger charge is -2.22. The van der Waals surface area contributed by atoms with E-state index in [4.69, 9.17) is 9.47 Å². The molecule has 0 aliphatic rings. The number of sulfone groups is 1. The van der Waals surface area contributed by atoms with Crippen molar-refractivity contribution in [1.29, 1.82) is 0 Å². The molecule has 3 aromatic rings. The maximum atomic E-state index is 13.2. The predicted octanol–water partition coefficient (Wildman–Crippen LogP) is 3.60. The maximum Gasteiger partial charge on any atom is 0.228 e. The summed E-state index contributed by atoms with van der Waals surface area (Å²) in [6.45, 7) is 0.991. The van der Waals surface area contributed by atoms with Crippen LogP contribution in [0.3, 0.4) is 0 Å². The number of rotatable bonds is 11. The first kappa shape index (κ1) is 25.9. The largest absolute Gasteiger partial charge is 0.495 e. The Morgan fingerprint density at radius 1 is 1.03 bits per heavy atom. The fraction of sp³-hybridized carbons (Fsp3) is 0.391. The molecule has 0 N–H and O–H groups in total. The molecule has 11 heteroatoms. The first-order valence-corrected chi connectivity index (χ1v) is 13.1. The number of likely N-dealkylation sites (N-methyl/N-ethyl adjacent to an activating group) is 1. The minimum Gasteiger partial charge on any atom is -0.495 e. The smallest absolute Gasteiger partial charge is 0.228 e. The molecule has 0 aliphatic carbocycles. The lowest BCUT2D eigenvalue weighted by Crippen LogP contribution is -2.36. The van der Waals surface area contributed by atoms with Crippen molar-refractivity contribution in [2.45, 2.75) is 17.7 Å². The third-order valence-corrected chi connectivity index (χ3v) is 8.09. The van der Waals surface area contributed by atoms with Crippen LogP contribution in [0.1, 0.15) is 12.8 Å². The number of methoxy groups -OCH3 is 2. The average Bonchev–Trinajstić information content (AvgIpc) is 3.23. The van der Waals surface area contributed by atoms with Gasteiger partial charge in [0.05, 0.1) is 24.9 Å². The number of halogens is 1. The standard InChI is InChI=1S/C23H28FN3O5S2/c1-26(2)13-14-27(23-25-21-18(31-3)11-12-19(32-4)22(21)33-23)20(28)6-5-15-34(29,30)17-9-7-16(24)8-10-17/h7-12H,5-6,13-15H2,1-4H3. The molecule has 34 heavy (non-hydrogen) atoms. The van der Waals surface area contributed by atoms with Crippen molar-refractivity contribution in [3.63, 3.8) is 0 Å². The zero-order valence-corrected chi connectivity index (χ0v) is 21.2. The molecule has 1 heterocycles. The number of hydrogen-bond acceptors (Lipinski definition) is 8. The van der Waals surface area contributed by atoms with Crippen molar-refractivity contribution in [3.05, 3.63) is 42.2 Å². The summed E-state index contributed by atoms with van der Waals surface area (Å²) in [4.78, 5) is 21.4. The van der Waals surface area contributed by atoms with Crippen LogP contribution >= 0.6 is 11.3 Å². The molecule has 3 rings (SSSR count). The second-order valence-corrected chi connectivity index (χ2v) is 11.0. The van der Waals surface area contributed by atoms with Crippen LogP contribution in [0.4, 0.5) is 9.52 Å². The molecule has 0 spiro atoms. The van der Waals surface area contributed by atoms with Gasteiger partial charge >= 0.3 is 0 Å². The Morgan fingerprint density at radius 2 is 1.68 bits per heavy atom. The van der Waals surface area contributed by atoms with Crippen molar-refractivity contribution >= 4 is 42.4 Å². The number of nitrogens with zero attached hydrogens (tertiary/aromatic N) is 3. The Labute approximate surface area is 202 Å². The highest BCUT2D eigenvalue weighted by molar-refractivity contribution is 7.91. The van der Waals surface area contributed by atoms with Crippen LogP contribution in [0.5, 0.6) is 11.5 Å². The van der Waals surface area contributed by atoms with Crippen LogP contribution in [-0.4, -0.2) is 71.4 Å². The average molecular weight is 510 g/mol. The fourth-order valence-electron chi connectivity index (χ4n) is 3.32. The monoisotopic (exact) mass is 509 g/mol. The number of aromatic nitrogens is 1. The number of anilines is 1. The first-order valence-electron chi connectivity index (χ1n) is 10.6. The van der Waals surface area contributed by atoms with Gasteiger partial charge in [0.2, 0.25) is 5.91 Å². The van der Waals surface area contributed by atoms with E-state index < -0.39 is 15.7 Å². The zero-order chi connectivity index (χ0) is 24.9. The third kappa shape index (κ3) is 6.02. The zero-order valence-electron chi connectivity index (χ0n) is 19.6. The number of ether oxygens (including phenoxy) is 2. The van der Waals surface area contributed by atoms with Gasteiger partial charge in [-0.15, -0.1) is 0 Å². The van der Waals surface area contributed by atoms with Gasteiger partial charge in [-0.1, -0.05) is 11.3 Å². The highest BCUT2D eigenvalue weighted by Crippen LogP contribution is 2.40. The number of carbonyl (C=O) groups excluding carboxylic acids is 1. The van der Waals surface area contributed by atoms with Crippen LogP contribution < -0.4 is 14.4 Å². The van der Waals surface area contributed by atoms with Gasteiger partial charge in [0, 0.05) is 19.5 Å². The van der Waals surface area contributed by atoms with E-state index >= 15 is 0 Å². The summed E-state index contributed by atoms with van der Waals surface area (Å²) < 4.78 is 49.8. The van der Waals surface area contributed by atoms with Gasteiger partial charge in [-0.05, 0) is 56.9 Å². The first-order chi connectivity index (χ1) is 16.2. The number of benzene rings is 2. The normalized spacial score (nSPS) is 11.7. The van der Waals surface area contributed by atoms with Crippen molar-refractivity contribution in [2.75, 3.05) is 52.1 Å². The summed E-state index contributed by atoms with van der Waals surface area (Å²) in [5.74, 6) is 0.254. The Bertz CT molecular complexity index is 1200. The summed E-state index contributed by atoms with van der Waals surface area (Å²) in [5, 5.41) is 0.492. The van der Waals surface area contributed by atoms with Crippen LogP contribution in [-0.2, 0) is 14.6 Å². The molecule has 1 aromatic heterocycles. The third-order valence-electron chi connectivity index (χ3n) is 5.18. The molecule has 0 saturated carbocycles. The molecular formula is C23H28FN3O5S2. The molecule has 0 saturated heterocycles. The summed E-state index contributed by atoms with van der Waals surface area (Å²) in [6, 6.07) is 8.23. The Hall–Kier alpha value is -2.76. The molecule has 0 radical (unpaired) electrons. The maximum absolute atomic E-state index is 13.2. The van der Waals surface area contributed by atoms with Gasteiger partial charge in [0.15, 0.2) is 15.0 Å². The second-order valence-electron chi connectivity index (χ2n) is 7.87. The molecule has 0 atom stereocenters. The molecule has 0 fully saturated rings. The summed E-state index contributed by atoms with van der Waals surface area (Å²) in [5.41, 5.74) is 0.600. The van der Waals surface area contributed by atoms with Gasteiger partial charge in [-0.2, -0.15) is 0 Å². The van der Waals surface area contributed by atoms with Crippen molar-refractivity contribution in [1.82, 2.24) is 9.88 Å². The molecule has 2 aromatic carbocycles. The molecule has 184 valence electrons. The lowest BCUT2D eigenvalue weighted by atomic mass is 10.3. The Kier molecular flexibility index (Phi) is 8.45. The molecule has 1 amide bonds. The van der Waals surface area contributed by atoms with Crippen LogP contribution in [0.15, 0.2) is 41.3 Å². The second kappa shape index (κ2) is 11.1. The van der Waals surface area contributed by atoms with E-state index in [0.29, 0.717) is 35.2 Å². The molecule has 8 nitrogen and oxygen atoms in total. The summed E-state index contributed by atoms with van der Waals surface area (Å²) >= 11 is 1.32. The van der Waals surface area contributed by atoms with E-state index in [1.807, 2.05) is 19.0 Å².